The zero-order valence-corrected chi connectivity index (χ0v) is 10.8. The zero-order chi connectivity index (χ0) is 14.0. The van der Waals surface area contributed by atoms with Gasteiger partial charge in [-0.25, -0.2) is 4.79 Å². The molecular formula is C13H10O5S. The second kappa shape index (κ2) is 5.27. The summed E-state index contributed by atoms with van der Waals surface area (Å²) < 4.78 is 5.03. The molecule has 0 saturated carbocycles. The summed E-state index contributed by atoms with van der Waals surface area (Å²) in [6.07, 6.45) is 0. The Balaban J connectivity index is 2.46. The van der Waals surface area contributed by atoms with Gasteiger partial charge in [-0.3, -0.25) is 9.59 Å². The minimum atomic E-state index is -0.908. The Bertz CT molecular complexity index is 717. The zero-order valence-electron chi connectivity index (χ0n) is 10.0. The molecule has 19 heavy (non-hydrogen) atoms. The van der Waals surface area contributed by atoms with Crippen molar-refractivity contribution in [3.8, 4) is 0 Å². The molecule has 0 unspecified atom stereocenters. The number of rotatable bonds is 4. The molecule has 5 nitrogen and oxygen atoms in total. The van der Waals surface area contributed by atoms with Gasteiger partial charge in [0.25, 0.3) is 0 Å². The normalized spacial score (nSPS) is 10.6. The summed E-state index contributed by atoms with van der Waals surface area (Å²) in [5, 5.41) is 9.21. The summed E-state index contributed by atoms with van der Waals surface area (Å²) in [5.41, 5.74) is -0.298. The molecule has 0 bridgehead atoms. The van der Waals surface area contributed by atoms with Gasteiger partial charge in [0.15, 0.2) is 5.78 Å². The van der Waals surface area contributed by atoms with E-state index in [2.05, 4.69) is 0 Å². The lowest BCUT2D eigenvalue weighted by Crippen LogP contribution is -2.10. The van der Waals surface area contributed by atoms with Gasteiger partial charge >= 0.3 is 11.6 Å². The third kappa shape index (κ3) is 3.03. The number of fused-ring (bicyclic) bond motifs is 1. The van der Waals surface area contributed by atoms with Crippen LogP contribution in [0.2, 0.25) is 0 Å². The van der Waals surface area contributed by atoms with Crippen LogP contribution in [-0.4, -0.2) is 22.6 Å². The Morgan fingerprint density at radius 3 is 2.68 bits per heavy atom. The van der Waals surface area contributed by atoms with Crippen molar-refractivity contribution in [2.24, 2.45) is 0 Å². The molecule has 1 heterocycles. The predicted octanol–water partition coefficient (Wildman–Crippen LogP) is 2.17. The molecule has 2 aromatic rings. The highest BCUT2D eigenvalue weighted by Gasteiger charge is 2.10. The third-order valence-corrected chi connectivity index (χ3v) is 3.42. The van der Waals surface area contributed by atoms with Crippen molar-refractivity contribution in [1.29, 1.82) is 0 Å². The largest absolute Gasteiger partial charge is 0.481 e. The first-order valence-corrected chi connectivity index (χ1v) is 6.39. The molecule has 6 heteroatoms. The Kier molecular flexibility index (Phi) is 3.71. The number of Topliss-reactive ketones (excluding diaryl/α,β-unsaturated/α-hetero) is 1. The van der Waals surface area contributed by atoms with Crippen LogP contribution in [0, 0.1) is 0 Å². The Morgan fingerprint density at radius 2 is 2.05 bits per heavy atom. The van der Waals surface area contributed by atoms with Gasteiger partial charge in [-0.15, -0.1) is 11.8 Å². The summed E-state index contributed by atoms with van der Waals surface area (Å²) >= 11 is 1.16. The molecule has 0 spiro atoms. The number of aliphatic carboxylic acids is 1. The van der Waals surface area contributed by atoms with Crippen molar-refractivity contribution in [3.05, 3.63) is 40.2 Å². The molecule has 0 aliphatic rings. The molecule has 1 N–H and O–H groups in total. The van der Waals surface area contributed by atoms with E-state index in [0.29, 0.717) is 11.0 Å². The number of carbonyl (C=O) groups excluding carboxylic acids is 1. The van der Waals surface area contributed by atoms with Gasteiger partial charge in [0.1, 0.15) is 11.1 Å². The highest BCUT2D eigenvalue weighted by Crippen LogP contribution is 2.23. The van der Waals surface area contributed by atoms with Gasteiger partial charge in [-0.1, -0.05) is 0 Å². The number of carboxylic acid groups (broad SMARTS) is 1. The van der Waals surface area contributed by atoms with Crippen LogP contribution in [0.1, 0.15) is 17.3 Å². The van der Waals surface area contributed by atoms with Crippen molar-refractivity contribution in [2.45, 2.75) is 11.8 Å². The average Bonchev–Trinajstić information content (AvgIpc) is 2.35. The van der Waals surface area contributed by atoms with E-state index in [1.165, 1.54) is 13.0 Å². The molecule has 0 amide bonds. The van der Waals surface area contributed by atoms with Crippen molar-refractivity contribution < 1.29 is 19.1 Å². The lowest BCUT2D eigenvalue weighted by molar-refractivity contribution is -0.133. The second-order valence-corrected chi connectivity index (χ2v) is 4.93. The van der Waals surface area contributed by atoms with E-state index in [-0.39, 0.29) is 17.1 Å². The quantitative estimate of drug-likeness (QED) is 0.524. The lowest BCUT2D eigenvalue weighted by atomic mass is 10.1. The van der Waals surface area contributed by atoms with Crippen LogP contribution in [0.5, 0.6) is 0 Å². The van der Waals surface area contributed by atoms with Crippen LogP contribution in [-0.2, 0) is 4.79 Å². The van der Waals surface area contributed by atoms with Gasteiger partial charge in [-0.2, -0.15) is 0 Å². The Labute approximate surface area is 112 Å². The standard InChI is InChI=1S/C13H10O5S/c1-7(14)10-5-8-4-9(19-6-12(15)16)2-3-11(8)18-13(10)17/h2-5H,6H2,1H3,(H,15,16). The van der Waals surface area contributed by atoms with Gasteiger partial charge in [0, 0.05) is 10.3 Å². The Hall–Kier alpha value is -2.08. The summed E-state index contributed by atoms with van der Waals surface area (Å²) in [6.45, 7) is 1.29. The van der Waals surface area contributed by atoms with Crippen molar-refractivity contribution in [1.82, 2.24) is 0 Å². The lowest BCUT2D eigenvalue weighted by Gasteiger charge is -2.02. The molecule has 0 saturated heterocycles. The maximum Gasteiger partial charge on any atom is 0.347 e. The minimum Gasteiger partial charge on any atom is -0.481 e. The van der Waals surface area contributed by atoms with Crippen LogP contribution in [0.4, 0.5) is 0 Å². The number of thioether (sulfide) groups is 1. The average molecular weight is 278 g/mol. The topological polar surface area (TPSA) is 84.6 Å². The van der Waals surface area contributed by atoms with E-state index in [1.54, 1.807) is 18.2 Å². The van der Waals surface area contributed by atoms with Crippen molar-refractivity contribution in [2.75, 3.05) is 5.75 Å². The first-order valence-electron chi connectivity index (χ1n) is 5.41. The highest BCUT2D eigenvalue weighted by molar-refractivity contribution is 8.00. The van der Waals surface area contributed by atoms with Crippen LogP contribution >= 0.6 is 11.8 Å². The molecule has 0 atom stereocenters. The maximum absolute atomic E-state index is 11.5. The van der Waals surface area contributed by atoms with Crippen LogP contribution in [0.25, 0.3) is 11.0 Å². The first-order chi connectivity index (χ1) is 8.97. The predicted molar refractivity (Wildman–Crippen MR) is 70.8 cm³/mol. The molecule has 0 radical (unpaired) electrons. The highest BCUT2D eigenvalue weighted by atomic mass is 32.2. The van der Waals surface area contributed by atoms with E-state index >= 15 is 0 Å². The first kappa shape index (κ1) is 13.4. The maximum atomic E-state index is 11.5. The van der Waals surface area contributed by atoms with E-state index in [1.807, 2.05) is 0 Å². The summed E-state index contributed by atoms with van der Waals surface area (Å²) in [5.74, 6) is -1.32. The molecule has 1 aromatic heterocycles. The Morgan fingerprint density at radius 1 is 1.32 bits per heavy atom. The molecular weight excluding hydrogens is 268 g/mol. The number of carboxylic acids is 1. The molecule has 0 aliphatic carbocycles. The van der Waals surface area contributed by atoms with Crippen LogP contribution in [0.3, 0.4) is 0 Å². The smallest absolute Gasteiger partial charge is 0.347 e. The number of benzene rings is 1. The SMILES string of the molecule is CC(=O)c1cc2cc(SCC(=O)O)ccc2oc1=O. The number of hydrogen-bond acceptors (Lipinski definition) is 5. The van der Waals surface area contributed by atoms with Gasteiger partial charge in [0.2, 0.25) is 0 Å². The van der Waals surface area contributed by atoms with Crippen molar-refractivity contribution >= 4 is 34.5 Å². The number of ketones is 1. The summed E-state index contributed by atoms with van der Waals surface area (Å²) in [6, 6.07) is 6.42. The summed E-state index contributed by atoms with van der Waals surface area (Å²) in [4.78, 5) is 34.0. The van der Waals surface area contributed by atoms with Gasteiger partial charge in [0.05, 0.1) is 5.75 Å². The summed E-state index contributed by atoms with van der Waals surface area (Å²) in [7, 11) is 0. The fourth-order valence-electron chi connectivity index (χ4n) is 1.58. The van der Waals surface area contributed by atoms with Crippen LogP contribution < -0.4 is 5.63 Å². The minimum absolute atomic E-state index is 0.00659. The fraction of sp³-hybridized carbons (Fsp3) is 0.154. The molecule has 1 aromatic carbocycles. The third-order valence-electron chi connectivity index (χ3n) is 2.45. The van der Waals surface area contributed by atoms with E-state index < -0.39 is 11.6 Å². The van der Waals surface area contributed by atoms with E-state index in [0.717, 1.165) is 16.7 Å². The number of hydrogen-bond donors (Lipinski definition) is 1. The molecule has 2 rings (SSSR count). The van der Waals surface area contributed by atoms with Gasteiger partial charge in [-0.05, 0) is 31.2 Å². The fourth-order valence-corrected chi connectivity index (χ4v) is 2.25. The molecule has 0 fully saturated rings. The van der Waals surface area contributed by atoms with E-state index in [9.17, 15) is 14.4 Å². The number of carbonyl (C=O) groups is 2. The van der Waals surface area contributed by atoms with Gasteiger partial charge < -0.3 is 9.52 Å². The molecule has 98 valence electrons. The van der Waals surface area contributed by atoms with E-state index in [4.69, 9.17) is 9.52 Å². The molecule has 0 aliphatic heterocycles. The van der Waals surface area contributed by atoms with Crippen LogP contribution in [0.15, 0.2) is 38.4 Å². The second-order valence-electron chi connectivity index (χ2n) is 3.89. The van der Waals surface area contributed by atoms with Crippen molar-refractivity contribution in [3.63, 3.8) is 0 Å². The monoisotopic (exact) mass is 278 g/mol.